The Labute approximate surface area is 160 Å². The number of sulfone groups is 1. The van der Waals surface area contributed by atoms with Crippen molar-refractivity contribution in [1.82, 2.24) is 10.6 Å². The van der Waals surface area contributed by atoms with Crippen molar-refractivity contribution in [3.8, 4) is 0 Å². The van der Waals surface area contributed by atoms with E-state index >= 15 is 0 Å². The lowest BCUT2D eigenvalue weighted by atomic mass is 10.1. The second-order valence-electron chi connectivity index (χ2n) is 5.91. The van der Waals surface area contributed by atoms with Crippen LogP contribution in [0.5, 0.6) is 0 Å². The molecule has 0 aromatic heterocycles. The first-order chi connectivity index (χ1) is 12.4. The SMILES string of the molecule is CCNC(=NCc1ccc(S(C)(=O)=O)cc1)NCCc1ccc(Cl)cc1. The van der Waals surface area contributed by atoms with Crippen LogP contribution in [0.25, 0.3) is 0 Å². The van der Waals surface area contributed by atoms with E-state index in [2.05, 4.69) is 15.6 Å². The van der Waals surface area contributed by atoms with E-state index in [-0.39, 0.29) is 0 Å². The van der Waals surface area contributed by atoms with Gasteiger partial charge < -0.3 is 10.6 Å². The molecule has 0 fully saturated rings. The minimum Gasteiger partial charge on any atom is -0.357 e. The molecule has 0 aliphatic carbocycles. The maximum Gasteiger partial charge on any atom is 0.191 e. The van der Waals surface area contributed by atoms with Crippen molar-refractivity contribution in [3.05, 3.63) is 64.7 Å². The van der Waals surface area contributed by atoms with Gasteiger partial charge in [-0.1, -0.05) is 35.9 Å². The van der Waals surface area contributed by atoms with Crippen LogP contribution in [0, 0.1) is 0 Å². The summed E-state index contributed by atoms with van der Waals surface area (Å²) in [5, 5.41) is 7.24. The topological polar surface area (TPSA) is 70.6 Å². The quantitative estimate of drug-likeness (QED) is 0.560. The molecule has 0 saturated heterocycles. The van der Waals surface area contributed by atoms with E-state index in [1.54, 1.807) is 24.3 Å². The molecule has 5 nitrogen and oxygen atoms in total. The second-order valence-corrected chi connectivity index (χ2v) is 8.37. The number of benzene rings is 2. The Morgan fingerprint density at radius 3 is 2.19 bits per heavy atom. The van der Waals surface area contributed by atoms with Gasteiger partial charge in [-0.2, -0.15) is 0 Å². The third-order valence-electron chi connectivity index (χ3n) is 3.73. The Morgan fingerprint density at radius 2 is 1.62 bits per heavy atom. The third kappa shape index (κ3) is 6.69. The van der Waals surface area contributed by atoms with Crippen LogP contribution in [0.1, 0.15) is 18.1 Å². The molecule has 0 bridgehead atoms. The number of rotatable bonds is 7. The van der Waals surface area contributed by atoms with Crippen LogP contribution in [0.3, 0.4) is 0 Å². The fourth-order valence-electron chi connectivity index (χ4n) is 2.33. The van der Waals surface area contributed by atoms with Crippen LogP contribution in [0.2, 0.25) is 5.02 Å². The minimum absolute atomic E-state index is 0.318. The van der Waals surface area contributed by atoms with E-state index in [1.165, 1.54) is 11.8 Å². The summed E-state index contributed by atoms with van der Waals surface area (Å²) in [7, 11) is -3.17. The Kier molecular flexibility index (Phi) is 7.48. The first kappa shape index (κ1) is 20.3. The molecule has 0 aliphatic rings. The molecule has 0 spiro atoms. The molecule has 2 aromatic carbocycles. The number of aliphatic imine (C=N–C) groups is 1. The molecular weight excluding hydrogens is 370 g/mol. The highest BCUT2D eigenvalue weighted by Gasteiger charge is 2.06. The van der Waals surface area contributed by atoms with Crippen molar-refractivity contribution < 1.29 is 8.42 Å². The van der Waals surface area contributed by atoms with Gasteiger partial charge >= 0.3 is 0 Å². The smallest absolute Gasteiger partial charge is 0.191 e. The number of hydrogen-bond donors (Lipinski definition) is 2. The van der Waals surface area contributed by atoms with Gasteiger partial charge in [0.25, 0.3) is 0 Å². The predicted octanol–water partition coefficient (Wildman–Crippen LogP) is 3.04. The van der Waals surface area contributed by atoms with E-state index < -0.39 is 9.84 Å². The van der Waals surface area contributed by atoms with Crippen LogP contribution in [-0.2, 0) is 22.8 Å². The molecule has 0 radical (unpaired) electrons. The summed E-state index contributed by atoms with van der Waals surface area (Å²) in [6.45, 7) is 4.00. The number of nitrogens with zero attached hydrogens (tertiary/aromatic N) is 1. The summed E-state index contributed by atoms with van der Waals surface area (Å²) in [6, 6.07) is 14.6. The summed E-state index contributed by atoms with van der Waals surface area (Å²) >= 11 is 5.89. The highest BCUT2D eigenvalue weighted by atomic mass is 35.5. The zero-order chi connectivity index (χ0) is 19.0. The number of hydrogen-bond acceptors (Lipinski definition) is 3. The Hall–Kier alpha value is -2.05. The molecule has 0 heterocycles. The molecular formula is C19H24ClN3O2S. The third-order valence-corrected chi connectivity index (χ3v) is 5.12. The van der Waals surface area contributed by atoms with Crippen molar-refractivity contribution in [1.29, 1.82) is 0 Å². The van der Waals surface area contributed by atoms with Crippen molar-refractivity contribution in [2.75, 3.05) is 19.3 Å². The largest absolute Gasteiger partial charge is 0.357 e. The average Bonchev–Trinajstić information content (AvgIpc) is 2.61. The summed E-state index contributed by atoms with van der Waals surface area (Å²) in [5.41, 5.74) is 2.15. The first-order valence-electron chi connectivity index (χ1n) is 8.44. The van der Waals surface area contributed by atoms with E-state index in [9.17, 15) is 8.42 Å². The maximum absolute atomic E-state index is 11.5. The van der Waals surface area contributed by atoms with Crippen molar-refractivity contribution in [2.45, 2.75) is 24.8 Å². The van der Waals surface area contributed by atoms with Crippen molar-refractivity contribution in [3.63, 3.8) is 0 Å². The highest BCUT2D eigenvalue weighted by Crippen LogP contribution is 2.11. The van der Waals surface area contributed by atoms with Crippen LogP contribution >= 0.6 is 11.6 Å². The zero-order valence-corrected chi connectivity index (χ0v) is 16.6. The molecule has 0 aliphatic heterocycles. The molecule has 0 unspecified atom stereocenters. The van der Waals surface area contributed by atoms with Gasteiger partial charge in [0.05, 0.1) is 11.4 Å². The number of halogens is 1. The average molecular weight is 394 g/mol. The monoisotopic (exact) mass is 393 g/mol. The summed E-state index contributed by atoms with van der Waals surface area (Å²) in [6.07, 6.45) is 2.07. The molecule has 2 rings (SSSR count). The molecule has 7 heteroatoms. The predicted molar refractivity (Wildman–Crippen MR) is 108 cm³/mol. The minimum atomic E-state index is -3.17. The number of guanidine groups is 1. The molecule has 0 amide bonds. The summed E-state index contributed by atoms with van der Waals surface area (Å²) < 4.78 is 23.0. The highest BCUT2D eigenvalue weighted by molar-refractivity contribution is 7.90. The van der Waals surface area contributed by atoms with Crippen molar-refractivity contribution in [2.24, 2.45) is 4.99 Å². The Bertz CT molecular complexity index is 832. The lowest BCUT2D eigenvalue weighted by Gasteiger charge is -2.11. The lowest BCUT2D eigenvalue weighted by Crippen LogP contribution is -2.38. The van der Waals surface area contributed by atoms with Crippen LogP contribution < -0.4 is 10.6 Å². The lowest BCUT2D eigenvalue weighted by molar-refractivity contribution is 0.602. The fraction of sp³-hybridized carbons (Fsp3) is 0.316. The van der Waals surface area contributed by atoms with Gasteiger partial charge in [0.15, 0.2) is 15.8 Å². The second kappa shape index (κ2) is 9.59. The maximum atomic E-state index is 11.5. The molecule has 140 valence electrons. The zero-order valence-electron chi connectivity index (χ0n) is 15.0. The van der Waals surface area contributed by atoms with Gasteiger partial charge in [-0.15, -0.1) is 0 Å². The van der Waals surface area contributed by atoms with Gasteiger partial charge in [0.2, 0.25) is 0 Å². The van der Waals surface area contributed by atoms with Gasteiger partial charge in [-0.3, -0.25) is 0 Å². The molecule has 2 aromatic rings. The Balaban J connectivity index is 1.92. The van der Waals surface area contributed by atoms with Gasteiger partial charge in [-0.25, -0.2) is 13.4 Å². The van der Waals surface area contributed by atoms with E-state index in [1.807, 2.05) is 31.2 Å². The molecule has 0 atom stereocenters. The van der Waals surface area contributed by atoms with Crippen molar-refractivity contribution >= 4 is 27.4 Å². The van der Waals surface area contributed by atoms with Crippen LogP contribution in [0.4, 0.5) is 0 Å². The molecule has 0 saturated carbocycles. The molecule has 26 heavy (non-hydrogen) atoms. The van der Waals surface area contributed by atoms with E-state index in [0.717, 1.165) is 36.1 Å². The van der Waals surface area contributed by atoms with Gasteiger partial charge in [0, 0.05) is 24.4 Å². The number of nitrogens with one attached hydrogen (secondary N) is 2. The van der Waals surface area contributed by atoms with E-state index in [4.69, 9.17) is 11.6 Å². The Morgan fingerprint density at radius 1 is 1.00 bits per heavy atom. The van der Waals surface area contributed by atoms with Gasteiger partial charge in [0.1, 0.15) is 0 Å². The standard InChI is InChI=1S/C19H24ClN3O2S/c1-3-21-19(22-13-12-15-4-8-17(20)9-5-15)23-14-16-6-10-18(11-7-16)26(2,24)25/h4-11H,3,12-14H2,1-2H3,(H2,21,22,23). The first-order valence-corrected chi connectivity index (χ1v) is 10.7. The van der Waals surface area contributed by atoms with E-state index in [0.29, 0.717) is 11.4 Å². The van der Waals surface area contributed by atoms with Crippen LogP contribution in [0.15, 0.2) is 58.4 Å². The van der Waals surface area contributed by atoms with Crippen LogP contribution in [-0.4, -0.2) is 33.7 Å². The normalized spacial score (nSPS) is 12.0. The summed E-state index contributed by atoms with van der Waals surface area (Å²) in [5.74, 6) is 0.730. The fourth-order valence-corrected chi connectivity index (χ4v) is 3.09. The summed E-state index contributed by atoms with van der Waals surface area (Å²) in [4.78, 5) is 4.86. The van der Waals surface area contributed by atoms with Gasteiger partial charge in [-0.05, 0) is 48.7 Å². The molecule has 2 N–H and O–H groups in total.